The summed E-state index contributed by atoms with van der Waals surface area (Å²) in [5, 5.41) is 3.69. The molecule has 0 N–H and O–H groups in total. The first-order chi connectivity index (χ1) is 15.2. The van der Waals surface area contributed by atoms with E-state index in [-0.39, 0.29) is 17.9 Å². The summed E-state index contributed by atoms with van der Waals surface area (Å²) in [7, 11) is 0. The molecule has 3 atom stereocenters. The van der Waals surface area contributed by atoms with Crippen molar-refractivity contribution in [3.8, 4) is 5.75 Å². The summed E-state index contributed by atoms with van der Waals surface area (Å²) < 4.78 is 5.61. The highest BCUT2D eigenvalue weighted by Gasteiger charge is 2.60. The zero-order valence-corrected chi connectivity index (χ0v) is 17.8. The normalized spacial score (nSPS) is 22.8. The summed E-state index contributed by atoms with van der Waals surface area (Å²) in [4.78, 5) is 35.1. The molecule has 0 spiro atoms. The molecule has 0 aliphatic carbocycles. The van der Waals surface area contributed by atoms with Gasteiger partial charge in [-0.05, 0) is 54.3 Å². The van der Waals surface area contributed by atoms with Crippen LogP contribution in [-0.2, 0) is 14.4 Å². The molecule has 2 saturated heterocycles. The number of anilines is 2. The van der Waals surface area contributed by atoms with Crippen LogP contribution in [0.15, 0.2) is 72.1 Å². The van der Waals surface area contributed by atoms with E-state index in [1.165, 1.54) is 4.90 Å². The van der Waals surface area contributed by atoms with Gasteiger partial charge < -0.3 is 4.74 Å². The maximum atomic E-state index is 13.5. The molecule has 2 fully saturated rings. The number of ether oxygens (including phenoxy) is 1. The Hall–Kier alpha value is -3.16. The summed E-state index contributed by atoms with van der Waals surface area (Å²) in [5.41, 5.74) is 1.35. The predicted molar refractivity (Wildman–Crippen MR) is 119 cm³/mol. The van der Waals surface area contributed by atoms with Crippen molar-refractivity contribution in [3.63, 3.8) is 0 Å². The Morgan fingerprint density at radius 3 is 2.39 bits per heavy atom. The Kier molecular flexibility index (Phi) is 5.21. The van der Waals surface area contributed by atoms with Crippen LogP contribution in [0.25, 0.3) is 0 Å². The molecule has 2 amide bonds. The van der Waals surface area contributed by atoms with Crippen LogP contribution in [0.1, 0.15) is 24.3 Å². The van der Waals surface area contributed by atoms with Gasteiger partial charge in [0.2, 0.25) is 5.91 Å². The maximum Gasteiger partial charge on any atom is 0.266 e. The van der Waals surface area contributed by atoms with Crippen molar-refractivity contribution in [2.45, 2.75) is 25.5 Å². The number of para-hydroxylation sites is 1. The van der Waals surface area contributed by atoms with Gasteiger partial charge in [-0.25, -0.2) is 9.96 Å². The number of nitrogens with zero attached hydrogens (tertiary/aromatic N) is 2. The maximum absolute atomic E-state index is 13.5. The fraction of sp³-hybridized carbons (Fsp3) is 0.250. The first-order valence-electron chi connectivity index (χ1n) is 10.3. The van der Waals surface area contributed by atoms with Crippen molar-refractivity contribution in [3.05, 3.63) is 77.0 Å². The monoisotopic (exact) mass is 434 g/mol. The number of hydrogen-bond acceptors (Lipinski definition) is 6. The summed E-state index contributed by atoms with van der Waals surface area (Å²) >= 11 is 1.56. The number of benzene rings is 2. The number of thiophene rings is 1. The van der Waals surface area contributed by atoms with Crippen molar-refractivity contribution >= 4 is 34.5 Å². The molecule has 3 heterocycles. The Bertz CT molecular complexity index is 1070. The number of imide groups is 1. The van der Waals surface area contributed by atoms with E-state index in [0.717, 1.165) is 17.0 Å². The molecule has 0 unspecified atom stereocenters. The SMILES string of the molecule is CCCOc1ccc(N2C(=O)[C@H]3[C@@H](ON(c4ccccc4)[C@H]3c3cccs3)C2=O)cc1. The Balaban J connectivity index is 1.47. The zero-order chi connectivity index (χ0) is 21.4. The highest BCUT2D eigenvalue weighted by molar-refractivity contribution is 7.10. The van der Waals surface area contributed by atoms with Gasteiger partial charge in [-0.15, -0.1) is 11.3 Å². The minimum Gasteiger partial charge on any atom is -0.494 e. The van der Waals surface area contributed by atoms with Crippen LogP contribution in [0.2, 0.25) is 0 Å². The Morgan fingerprint density at radius 1 is 0.935 bits per heavy atom. The molecular formula is C24H22N2O4S. The highest BCUT2D eigenvalue weighted by Crippen LogP contribution is 2.48. The lowest BCUT2D eigenvalue weighted by Crippen LogP contribution is -2.37. The molecule has 5 rings (SSSR count). The van der Waals surface area contributed by atoms with E-state index >= 15 is 0 Å². The van der Waals surface area contributed by atoms with Gasteiger partial charge in [-0.3, -0.25) is 14.4 Å². The summed E-state index contributed by atoms with van der Waals surface area (Å²) in [5.74, 6) is -0.471. The van der Waals surface area contributed by atoms with Crippen LogP contribution < -0.4 is 14.7 Å². The van der Waals surface area contributed by atoms with Crippen LogP contribution in [0.3, 0.4) is 0 Å². The van der Waals surface area contributed by atoms with Crippen molar-refractivity contribution in [1.29, 1.82) is 0 Å². The van der Waals surface area contributed by atoms with Crippen LogP contribution in [0, 0.1) is 5.92 Å². The second kappa shape index (κ2) is 8.17. The standard InChI is InChI=1S/C24H22N2O4S/c1-2-14-29-18-12-10-16(11-13-18)25-23(27)20-21(19-9-6-15-31-19)26(30-22(20)24(25)28)17-7-4-3-5-8-17/h3-13,15,20-22H,2,14H2,1H3/t20-,21+,22-/m1/s1. The van der Waals surface area contributed by atoms with Crippen LogP contribution in [0.4, 0.5) is 11.4 Å². The zero-order valence-electron chi connectivity index (χ0n) is 17.0. The summed E-state index contributed by atoms with van der Waals surface area (Å²) in [6.07, 6.45) is 0.0592. The van der Waals surface area contributed by atoms with E-state index in [4.69, 9.17) is 9.57 Å². The highest BCUT2D eigenvalue weighted by atomic mass is 32.1. The number of hydrogen-bond donors (Lipinski definition) is 0. The van der Waals surface area contributed by atoms with E-state index in [1.54, 1.807) is 40.7 Å². The molecule has 158 valence electrons. The van der Waals surface area contributed by atoms with Gasteiger partial charge in [0.1, 0.15) is 17.7 Å². The third-order valence-electron chi connectivity index (χ3n) is 5.53. The molecule has 3 aromatic rings. The smallest absolute Gasteiger partial charge is 0.266 e. The third-order valence-corrected chi connectivity index (χ3v) is 6.47. The fourth-order valence-electron chi connectivity index (χ4n) is 4.13. The lowest BCUT2D eigenvalue weighted by Gasteiger charge is -2.27. The number of rotatable bonds is 6. The van der Waals surface area contributed by atoms with Crippen LogP contribution in [-0.4, -0.2) is 24.5 Å². The van der Waals surface area contributed by atoms with E-state index in [2.05, 4.69) is 0 Å². The second-order valence-corrected chi connectivity index (χ2v) is 8.51. The number of amides is 2. The predicted octanol–water partition coefficient (Wildman–Crippen LogP) is 4.59. The number of hydroxylamine groups is 1. The van der Waals surface area contributed by atoms with Crippen molar-refractivity contribution in [2.75, 3.05) is 16.6 Å². The van der Waals surface area contributed by atoms with Gasteiger partial charge in [0.15, 0.2) is 6.10 Å². The molecule has 6 nitrogen and oxygen atoms in total. The van der Waals surface area contributed by atoms with Gasteiger partial charge >= 0.3 is 0 Å². The lowest BCUT2D eigenvalue weighted by molar-refractivity contribution is -0.126. The first-order valence-corrected chi connectivity index (χ1v) is 11.2. The molecule has 2 aliphatic heterocycles. The van der Waals surface area contributed by atoms with Crippen LogP contribution >= 0.6 is 11.3 Å². The van der Waals surface area contributed by atoms with Crippen molar-refractivity contribution in [2.24, 2.45) is 5.92 Å². The Morgan fingerprint density at radius 2 is 1.71 bits per heavy atom. The molecule has 1 aromatic heterocycles. The van der Waals surface area contributed by atoms with E-state index in [9.17, 15) is 9.59 Å². The number of carbonyl (C=O) groups excluding carboxylic acids is 2. The van der Waals surface area contributed by atoms with Gasteiger partial charge in [-0.2, -0.15) is 0 Å². The second-order valence-electron chi connectivity index (χ2n) is 7.53. The quantitative estimate of drug-likeness (QED) is 0.531. The van der Waals surface area contributed by atoms with Gasteiger partial charge in [0.25, 0.3) is 5.91 Å². The van der Waals surface area contributed by atoms with E-state index < -0.39 is 12.0 Å². The average Bonchev–Trinajstić information content (AvgIpc) is 3.51. The van der Waals surface area contributed by atoms with Crippen molar-refractivity contribution in [1.82, 2.24) is 0 Å². The lowest BCUT2D eigenvalue weighted by atomic mass is 9.95. The van der Waals surface area contributed by atoms with Gasteiger partial charge in [-0.1, -0.05) is 31.2 Å². The van der Waals surface area contributed by atoms with Crippen LogP contribution in [0.5, 0.6) is 5.75 Å². The van der Waals surface area contributed by atoms with E-state index in [1.807, 2.05) is 54.8 Å². The largest absolute Gasteiger partial charge is 0.494 e. The molecule has 7 heteroatoms. The molecule has 2 aliphatic rings. The molecule has 31 heavy (non-hydrogen) atoms. The molecule has 0 saturated carbocycles. The minimum absolute atomic E-state index is 0.242. The van der Waals surface area contributed by atoms with Gasteiger partial charge in [0, 0.05) is 4.88 Å². The molecule has 2 aromatic carbocycles. The van der Waals surface area contributed by atoms with Crippen molar-refractivity contribution < 1.29 is 19.2 Å². The van der Waals surface area contributed by atoms with Gasteiger partial charge in [0.05, 0.1) is 18.0 Å². The number of fused-ring (bicyclic) bond motifs is 1. The molecule has 0 radical (unpaired) electrons. The molecule has 0 bridgehead atoms. The minimum atomic E-state index is -0.851. The topological polar surface area (TPSA) is 59.1 Å². The molecular weight excluding hydrogens is 412 g/mol. The van der Waals surface area contributed by atoms with E-state index in [0.29, 0.717) is 18.0 Å². The first kappa shape index (κ1) is 19.8. The third kappa shape index (κ3) is 3.40. The summed E-state index contributed by atoms with van der Waals surface area (Å²) in [6, 6.07) is 20.2. The summed E-state index contributed by atoms with van der Waals surface area (Å²) in [6.45, 7) is 2.66. The number of carbonyl (C=O) groups is 2. The fourth-order valence-corrected chi connectivity index (χ4v) is 4.98. The Labute approximate surface area is 184 Å². The average molecular weight is 435 g/mol.